The average molecular weight is 360 g/mol. The van der Waals surface area contributed by atoms with Gasteiger partial charge in [0.25, 0.3) is 5.91 Å². The molecule has 1 N–H and O–H groups in total. The number of benzene rings is 2. The van der Waals surface area contributed by atoms with Gasteiger partial charge in [-0.3, -0.25) is 4.79 Å². The molecule has 134 valence electrons. The third-order valence-electron chi connectivity index (χ3n) is 4.09. The minimum atomic E-state index is -3.58. The van der Waals surface area contributed by atoms with E-state index in [4.69, 9.17) is 0 Å². The van der Waals surface area contributed by atoms with Gasteiger partial charge in [0, 0.05) is 18.7 Å². The normalized spacial score (nSPS) is 12.8. The van der Waals surface area contributed by atoms with Crippen molar-refractivity contribution in [1.82, 2.24) is 9.62 Å². The van der Waals surface area contributed by atoms with E-state index in [1.54, 1.807) is 26.0 Å². The van der Waals surface area contributed by atoms with Crippen molar-refractivity contribution in [2.75, 3.05) is 13.1 Å². The molecule has 0 aromatic heterocycles. The number of carbonyl (C=O) groups is 1. The second kappa shape index (κ2) is 8.27. The van der Waals surface area contributed by atoms with Gasteiger partial charge in [0.05, 0.1) is 10.9 Å². The Bertz CT molecular complexity index is 816. The van der Waals surface area contributed by atoms with Crippen LogP contribution in [0.3, 0.4) is 0 Å². The van der Waals surface area contributed by atoms with Crippen LogP contribution in [-0.2, 0) is 10.0 Å². The van der Waals surface area contributed by atoms with Crippen molar-refractivity contribution in [3.63, 3.8) is 0 Å². The van der Waals surface area contributed by atoms with E-state index in [0.29, 0.717) is 18.7 Å². The molecular formula is C19H24N2O3S. The molecule has 2 aromatic carbocycles. The maximum absolute atomic E-state index is 12.6. The summed E-state index contributed by atoms with van der Waals surface area (Å²) in [6.45, 7) is 6.25. The van der Waals surface area contributed by atoms with E-state index in [2.05, 4.69) is 5.32 Å². The van der Waals surface area contributed by atoms with Crippen molar-refractivity contribution >= 4 is 15.9 Å². The Morgan fingerprint density at radius 1 is 1.04 bits per heavy atom. The van der Waals surface area contributed by atoms with Crippen LogP contribution >= 0.6 is 0 Å². The summed E-state index contributed by atoms with van der Waals surface area (Å²) in [5.41, 5.74) is 1.32. The van der Waals surface area contributed by atoms with E-state index < -0.39 is 10.0 Å². The van der Waals surface area contributed by atoms with Gasteiger partial charge in [0.2, 0.25) is 10.0 Å². The van der Waals surface area contributed by atoms with Crippen LogP contribution in [0, 0.1) is 0 Å². The predicted octanol–water partition coefficient (Wildman–Crippen LogP) is 3.21. The summed E-state index contributed by atoms with van der Waals surface area (Å²) < 4.78 is 26.6. The summed E-state index contributed by atoms with van der Waals surface area (Å²) in [5, 5.41) is 2.90. The number of amides is 1. The lowest BCUT2D eigenvalue weighted by Crippen LogP contribution is -2.31. The molecule has 0 saturated carbocycles. The third kappa shape index (κ3) is 4.46. The van der Waals surface area contributed by atoms with Gasteiger partial charge in [-0.2, -0.15) is 4.31 Å². The second-order valence-electron chi connectivity index (χ2n) is 5.72. The summed E-state index contributed by atoms with van der Waals surface area (Å²) in [5.74, 6) is -0.298. The highest BCUT2D eigenvalue weighted by Crippen LogP contribution is 2.18. The van der Waals surface area contributed by atoms with Crippen LogP contribution < -0.4 is 5.32 Å². The van der Waals surface area contributed by atoms with Crippen molar-refractivity contribution in [3.05, 3.63) is 65.7 Å². The Morgan fingerprint density at radius 3 is 2.28 bits per heavy atom. The van der Waals surface area contributed by atoms with Crippen molar-refractivity contribution < 1.29 is 13.2 Å². The van der Waals surface area contributed by atoms with Gasteiger partial charge < -0.3 is 5.32 Å². The average Bonchev–Trinajstić information content (AvgIpc) is 2.63. The van der Waals surface area contributed by atoms with Crippen LogP contribution in [0.2, 0.25) is 0 Å². The molecule has 1 atom stereocenters. The molecule has 0 bridgehead atoms. The summed E-state index contributed by atoms with van der Waals surface area (Å²) in [4.78, 5) is 12.6. The summed E-state index contributed by atoms with van der Waals surface area (Å²) in [7, 11) is -3.58. The first-order valence-corrected chi connectivity index (χ1v) is 9.80. The maximum atomic E-state index is 12.6. The fraction of sp³-hybridized carbons (Fsp3) is 0.316. The van der Waals surface area contributed by atoms with Crippen LogP contribution in [0.5, 0.6) is 0 Å². The first-order chi connectivity index (χ1) is 11.9. The Morgan fingerprint density at radius 2 is 1.68 bits per heavy atom. The molecule has 0 fully saturated rings. The number of hydrogen-bond donors (Lipinski definition) is 1. The molecule has 0 aliphatic carbocycles. The zero-order chi connectivity index (χ0) is 18.4. The molecule has 2 rings (SSSR count). The van der Waals surface area contributed by atoms with E-state index in [0.717, 1.165) is 5.56 Å². The molecule has 1 amide bonds. The van der Waals surface area contributed by atoms with Gasteiger partial charge in [-0.05, 0) is 30.7 Å². The number of hydrogen-bond acceptors (Lipinski definition) is 3. The van der Waals surface area contributed by atoms with Crippen molar-refractivity contribution in [2.45, 2.75) is 31.7 Å². The molecule has 5 nitrogen and oxygen atoms in total. The lowest BCUT2D eigenvalue weighted by atomic mass is 10.1. The molecule has 0 aliphatic heterocycles. The van der Waals surface area contributed by atoms with Crippen molar-refractivity contribution in [2.24, 2.45) is 0 Å². The fourth-order valence-electron chi connectivity index (χ4n) is 2.62. The summed E-state index contributed by atoms with van der Waals surface area (Å²) >= 11 is 0. The number of rotatable bonds is 7. The van der Waals surface area contributed by atoms with Gasteiger partial charge in [-0.25, -0.2) is 8.42 Å². The SMILES string of the molecule is CCN(CC)S(=O)(=O)c1cccc(C(=O)NC(C)c2ccccc2)c1. The number of nitrogens with zero attached hydrogens (tertiary/aromatic N) is 1. The number of sulfonamides is 1. The second-order valence-corrected chi connectivity index (χ2v) is 7.66. The first-order valence-electron chi connectivity index (χ1n) is 8.36. The zero-order valence-corrected chi connectivity index (χ0v) is 15.6. The molecule has 0 saturated heterocycles. The molecule has 0 heterocycles. The zero-order valence-electron chi connectivity index (χ0n) is 14.8. The van der Waals surface area contributed by atoms with Crippen molar-refractivity contribution in [3.8, 4) is 0 Å². The number of carbonyl (C=O) groups excluding carboxylic acids is 1. The lowest BCUT2D eigenvalue weighted by molar-refractivity contribution is 0.0939. The quantitative estimate of drug-likeness (QED) is 0.824. The lowest BCUT2D eigenvalue weighted by Gasteiger charge is -2.19. The molecule has 0 aliphatic rings. The Labute approximate surface area is 149 Å². The minimum Gasteiger partial charge on any atom is -0.346 e. The Kier molecular flexibility index (Phi) is 6.33. The molecule has 6 heteroatoms. The first kappa shape index (κ1) is 19.1. The van der Waals surface area contributed by atoms with E-state index >= 15 is 0 Å². The van der Waals surface area contributed by atoms with Gasteiger partial charge in [-0.1, -0.05) is 50.2 Å². The monoisotopic (exact) mass is 360 g/mol. The highest BCUT2D eigenvalue weighted by molar-refractivity contribution is 7.89. The molecule has 1 unspecified atom stereocenters. The summed E-state index contributed by atoms with van der Waals surface area (Å²) in [6, 6.07) is 15.6. The molecule has 25 heavy (non-hydrogen) atoms. The van der Waals surface area contributed by atoms with Crippen LogP contribution in [0.25, 0.3) is 0 Å². The molecule has 0 spiro atoms. The van der Waals surface area contributed by atoms with Gasteiger partial charge in [0.1, 0.15) is 0 Å². The molecule has 0 radical (unpaired) electrons. The predicted molar refractivity (Wildman–Crippen MR) is 98.9 cm³/mol. The van der Waals surface area contributed by atoms with Crippen LogP contribution in [0.4, 0.5) is 0 Å². The van der Waals surface area contributed by atoms with E-state index in [9.17, 15) is 13.2 Å². The number of nitrogens with one attached hydrogen (secondary N) is 1. The van der Waals surface area contributed by atoms with E-state index in [1.807, 2.05) is 37.3 Å². The maximum Gasteiger partial charge on any atom is 0.251 e. The standard InChI is InChI=1S/C19H24N2O3S/c1-4-21(5-2)25(23,24)18-13-9-12-17(14-18)19(22)20-15(3)16-10-7-6-8-11-16/h6-15H,4-5H2,1-3H3,(H,20,22). The van der Waals surface area contributed by atoms with Crippen molar-refractivity contribution in [1.29, 1.82) is 0 Å². The van der Waals surface area contributed by atoms with Crippen LogP contribution in [-0.4, -0.2) is 31.7 Å². The fourth-order valence-corrected chi connectivity index (χ4v) is 4.12. The third-order valence-corrected chi connectivity index (χ3v) is 6.13. The van der Waals surface area contributed by atoms with Gasteiger partial charge >= 0.3 is 0 Å². The Hall–Kier alpha value is -2.18. The molecular weight excluding hydrogens is 336 g/mol. The van der Waals surface area contributed by atoms with E-state index in [-0.39, 0.29) is 16.8 Å². The topological polar surface area (TPSA) is 66.5 Å². The highest BCUT2D eigenvalue weighted by atomic mass is 32.2. The minimum absolute atomic E-state index is 0.135. The van der Waals surface area contributed by atoms with Crippen LogP contribution in [0.1, 0.15) is 42.7 Å². The van der Waals surface area contributed by atoms with Gasteiger partial charge in [0.15, 0.2) is 0 Å². The Balaban J connectivity index is 2.22. The largest absolute Gasteiger partial charge is 0.346 e. The van der Waals surface area contributed by atoms with E-state index in [1.165, 1.54) is 16.4 Å². The van der Waals surface area contributed by atoms with Crippen LogP contribution in [0.15, 0.2) is 59.5 Å². The van der Waals surface area contributed by atoms with Gasteiger partial charge in [-0.15, -0.1) is 0 Å². The summed E-state index contributed by atoms with van der Waals surface area (Å²) in [6.07, 6.45) is 0. The highest BCUT2D eigenvalue weighted by Gasteiger charge is 2.22. The molecule has 2 aromatic rings. The smallest absolute Gasteiger partial charge is 0.251 e.